The molecule has 16 heavy (non-hydrogen) atoms. The van der Waals surface area contributed by atoms with Gasteiger partial charge in [0.05, 0.1) is 4.47 Å². The van der Waals surface area contributed by atoms with Gasteiger partial charge in [-0.15, -0.1) is 0 Å². The van der Waals surface area contributed by atoms with Crippen LogP contribution < -0.4 is 5.32 Å². The first kappa shape index (κ1) is 11.8. The molecule has 0 bridgehead atoms. The fourth-order valence-corrected chi connectivity index (χ4v) is 2.13. The Morgan fingerprint density at radius 2 is 2.50 bits per heavy atom. The number of hydrogen-bond acceptors (Lipinski definition) is 4. The summed E-state index contributed by atoms with van der Waals surface area (Å²) >= 11 is 3.43. The van der Waals surface area contributed by atoms with Gasteiger partial charge in [-0.05, 0) is 35.2 Å². The summed E-state index contributed by atoms with van der Waals surface area (Å²) < 4.78 is 6.27. The molecule has 5 heteroatoms. The molecule has 1 N–H and O–H groups in total. The van der Waals surface area contributed by atoms with Crippen molar-refractivity contribution in [2.24, 2.45) is 5.92 Å². The summed E-state index contributed by atoms with van der Waals surface area (Å²) in [6, 6.07) is 0. The Kier molecular flexibility index (Phi) is 4.12. The molecule has 1 atom stereocenters. The van der Waals surface area contributed by atoms with Crippen LogP contribution in [0.1, 0.15) is 19.2 Å². The highest BCUT2D eigenvalue weighted by Gasteiger charge is 2.17. The standard InChI is InChI=1S/C11H16BrN3O/c1-2-13-11-9(12)6-14-10(15-11)5-8-3-4-16-7-8/h6,8H,2-5,7H2,1H3,(H,13,14,15). The summed E-state index contributed by atoms with van der Waals surface area (Å²) in [6.45, 7) is 4.64. The van der Waals surface area contributed by atoms with Crippen LogP contribution in [0.5, 0.6) is 0 Å². The average Bonchev–Trinajstić information content (AvgIpc) is 2.76. The first-order valence-corrected chi connectivity index (χ1v) is 6.42. The normalized spacial score (nSPS) is 20.0. The van der Waals surface area contributed by atoms with Crippen LogP contribution in [0, 0.1) is 5.92 Å². The Hall–Kier alpha value is -0.680. The topological polar surface area (TPSA) is 47.0 Å². The summed E-state index contributed by atoms with van der Waals surface area (Å²) in [5.74, 6) is 2.36. The zero-order valence-electron chi connectivity index (χ0n) is 9.37. The lowest BCUT2D eigenvalue weighted by atomic mass is 10.1. The number of aromatic nitrogens is 2. The maximum Gasteiger partial charge on any atom is 0.144 e. The molecular formula is C11H16BrN3O. The molecule has 2 rings (SSSR count). The van der Waals surface area contributed by atoms with E-state index in [1.807, 2.05) is 6.20 Å². The van der Waals surface area contributed by atoms with E-state index in [2.05, 4.69) is 38.1 Å². The van der Waals surface area contributed by atoms with Gasteiger partial charge in [-0.25, -0.2) is 9.97 Å². The molecule has 1 aromatic heterocycles. The molecule has 1 unspecified atom stereocenters. The summed E-state index contributed by atoms with van der Waals surface area (Å²) in [4.78, 5) is 8.83. The summed E-state index contributed by atoms with van der Waals surface area (Å²) in [6.07, 6.45) is 3.85. The molecule has 1 saturated heterocycles. The number of anilines is 1. The van der Waals surface area contributed by atoms with E-state index >= 15 is 0 Å². The second-order valence-electron chi connectivity index (χ2n) is 3.95. The minimum absolute atomic E-state index is 0.579. The van der Waals surface area contributed by atoms with Gasteiger partial charge in [-0.2, -0.15) is 0 Å². The van der Waals surface area contributed by atoms with Crippen LogP contribution in [-0.4, -0.2) is 29.7 Å². The monoisotopic (exact) mass is 285 g/mol. The average molecular weight is 286 g/mol. The molecule has 1 aliphatic heterocycles. The van der Waals surface area contributed by atoms with Crippen LogP contribution >= 0.6 is 15.9 Å². The Morgan fingerprint density at radius 1 is 1.62 bits per heavy atom. The van der Waals surface area contributed by atoms with Gasteiger partial charge in [-0.1, -0.05) is 0 Å². The summed E-state index contributed by atoms with van der Waals surface area (Å²) in [7, 11) is 0. The molecule has 2 heterocycles. The number of nitrogens with one attached hydrogen (secondary N) is 1. The van der Waals surface area contributed by atoms with Crippen LogP contribution in [0.25, 0.3) is 0 Å². The van der Waals surface area contributed by atoms with Crippen LogP contribution in [0.3, 0.4) is 0 Å². The zero-order valence-corrected chi connectivity index (χ0v) is 11.0. The highest BCUT2D eigenvalue weighted by atomic mass is 79.9. The van der Waals surface area contributed by atoms with Crippen molar-refractivity contribution in [2.45, 2.75) is 19.8 Å². The quantitative estimate of drug-likeness (QED) is 0.922. The van der Waals surface area contributed by atoms with E-state index < -0.39 is 0 Å². The molecule has 0 radical (unpaired) electrons. The van der Waals surface area contributed by atoms with Gasteiger partial charge in [-0.3, -0.25) is 0 Å². The van der Waals surface area contributed by atoms with Crippen LogP contribution in [0.4, 0.5) is 5.82 Å². The van der Waals surface area contributed by atoms with E-state index in [0.29, 0.717) is 5.92 Å². The van der Waals surface area contributed by atoms with Crippen molar-refractivity contribution < 1.29 is 4.74 Å². The molecule has 0 amide bonds. The molecular weight excluding hydrogens is 270 g/mol. The second kappa shape index (κ2) is 5.59. The van der Waals surface area contributed by atoms with Gasteiger partial charge in [0.25, 0.3) is 0 Å². The zero-order chi connectivity index (χ0) is 11.4. The highest BCUT2D eigenvalue weighted by Crippen LogP contribution is 2.21. The van der Waals surface area contributed by atoms with Crippen molar-refractivity contribution in [1.82, 2.24) is 9.97 Å². The molecule has 0 aromatic carbocycles. The summed E-state index contributed by atoms with van der Waals surface area (Å²) in [5.41, 5.74) is 0. The molecule has 1 aliphatic rings. The minimum Gasteiger partial charge on any atom is -0.381 e. The number of rotatable bonds is 4. The molecule has 0 spiro atoms. The SMILES string of the molecule is CCNc1nc(CC2CCOC2)ncc1Br. The van der Waals surface area contributed by atoms with E-state index in [1.165, 1.54) is 0 Å². The van der Waals surface area contributed by atoms with Gasteiger partial charge in [0.2, 0.25) is 0 Å². The lowest BCUT2D eigenvalue weighted by molar-refractivity contribution is 0.185. The Bertz CT molecular complexity index is 353. The number of nitrogens with zero attached hydrogens (tertiary/aromatic N) is 2. The lowest BCUT2D eigenvalue weighted by Crippen LogP contribution is -2.09. The van der Waals surface area contributed by atoms with Gasteiger partial charge in [0.15, 0.2) is 0 Å². The minimum atomic E-state index is 0.579. The molecule has 0 aliphatic carbocycles. The van der Waals surface area contributed by atoms with Crippen molar-refractivity contribution >= 4 is 21.7 Å². The fourth-order valence-electron chi connectivity index (χ4n) is 1.80. The summed E-state index contributed by atoms with van der Waals surface area (Å²) in [5, 5.41) is 3.21. The van der Waals surface area contributed by atoms with E-state index in [-0.39, 0.29) is 0 Å². The van der Waals surface area contributed by atoms with Crippen molar-refractivity contribution in [1.29, 1.82) is 0 Å². The molecule has 0 saturated carbocycles. The van der Waals surface area contributed by atoms with Crippen molar-refractivity contribution in [3.63, 3.8) is 0 Å². The third-order valence-electron chi connectivity index (χ3n) is 2.63. The Morgan fingerprint density at radius 3 is 3.19 bits per heavy atom. The Balaban J connectivity index is 2.05. The van der Waals surface area contributed by atoms with Gasteiger partial charge >= 0.3 is 0 Å². The number of hydrogen-bond donors (Lipinski definition) is 1. The van der Waals surface area contributed by atoms with Crippen LogP contribution in [0.2, 0.25) is 0 Å². The molecule has 88 valence electrons. The fraction of sp³-hybridized carbons (Fsp3) is 0.636. The third kappa shape index (κ3) is 2.92. The number of ether oxygens (including phenoxy) is 1. The van der Waals surface area contributed by atoms with Crippen LogP contribution in [-0.2, 0) is 11.2 Å². The molecule has 1 aromatic rings. The smallest absolute Gasteiger partial charge is 0.144 e. The van der Waals surface area contributed by atoms with Gasteiger partial charge < -0.3 is 10.1 Å². The van der Waals surface area contributed by atoms with Gasteiger partial charge in [0, 0.05) is 32.4 Å². The third-order valence-corrected chi connectivity index (χ3v) is 3.21. The van der Waals surface area contributed by atoms with E-state index in [4.69, 9.17) is 4.74 Å². The first-order chi connectivity index (χ1) is 7.79. The van der Waals surface area contributed by atoms with E-state index in [0.717, 1.165) is 48.7 Å². The first-order valence-electron chi connectivity index (χ1n) is 5.62. The lowest BCUT2D eigenvalue weighted by Gasteiger charge is -2.09. The number of halogens is 1. The maximum atomic E-state index is 5.35. The molecule has 1 fully saturated rings. The molecule has 4 nitrogen and oxygen atoms in total. The van der Waals surface area contributed by atoms with Crippen molar-refractivity contribution in [3.8, 4) is 0 Å². The Labute approximate surface area is 104 Å². The van der Waals surface area contributed by atoms with Crippen molar-refractivity contribution in [2.75, 3.05) is 25.1 Å². The largest absolute Gasteiger partial charge is 0.381 e. The highest BCUT2D eigenvalue weighted by molar-refractivity contribution is 9.10. The maximum absolute atomic E-state index is 5.35. The predicted octanol–water partition coefficient (Wildman–Crippen LogP) is 2.25. The van der Waals surface area contributed by atoms with Gasteiger partial charge in [0.1, 0.15) is 11.6 Å². The predicted molar refractivity (Wildman–Crippen MR) is 66.5 cm³/mol. The van der Waals surface area contributed by atoms with Crippen molar-refractivity contribution in [3.05, 3.63) is 16.5 Å². The second-order valence-corrected chi connectivity index (χ2v) is 4.80. The van der Waals surface area contributed by atoms with E-state index in [9.17, 15) is 0 Å². The van der Waals surface area contributed by atoms with E-state index in [1.54, 1.807) is 0 Å². The van der Waals surface area contributed by atoms with Crippen LogP contribution in [0.15, 0.2) is 10.7 Å².